The Labute approximate surface area is 111 Å². The average molecular weight is 273 g/mol. The van der Waals surface area contributed by atoms with Crippen molar-refractivity contribution in [1.82, 2.24) is 0 Å². The van der Waals surface area contributed by atoms with Crippen LogP contribution < -0.4 is 0 Å². The van der Waals surface area contributed by atoms with Crippen LogP contribution in [-0.2, 0) is 0 Å². The van der Waals surface area contributed by atoms with E-state index >= 15 is 0 Å². The van der Waals surface area contributed by atoms with Crippen LogP contribution in [0.5, 0.6) is 0 Å². The summed E-state index contributed by atoms with van der Waals surface area (Å²) in [5.74, 6) is -0.562. The van der Waals surface area contributed by atoms with Gasteiger partial charge in [-0.1, -0.05) is 43.4 Å². The number of benzene rings is 1. The topological polar surface area (TPSA) is 40.5 Å². The van der Waals surface area contributed by atoms with E-state index in [2.05, 4.69) is 0 Å². The van der Waals surface area contributed by atoms with Gasteiger partial charge in [0.05, 0.1) is 5.60 Å². The first-order valence-electron chi connectivity index (χ1n) is 6.38. The van der Waals surface area contributed by atoms with E-state index in [1.807, 2.05) is 0 Å². The fraction of sp³-hybridized carbons (Fsp3) is 0.571. The summed E-state index contributed by atoms with van der Waals surface area (Å²) in [4.78, 5) is 0. The van der Waals surface area contributed by atoms with E-state index in [0.717, 1.165) is 25.7 Å². The molecular formula is C14H18ClFO2. The maximum atomic E-state index is 13.8. The fourth-order valence-electron chi connectivity index (χ4n) is 2.63. The minimum Gasteiger partial charge on any atom is -0.387 e. The Balaban J connectivity index is 2.25. The molecule has 1 aromatic rings. The zero-order chi connectivity index (χ0) is 13.2. The fourth-order valence-corrected chi connectivity index (χ4v) is 2.79. The summed E-state index contributed by atoms with van der Waals surface area (Å²) in [6.07, 6.45) is 3.67. The van der Waals surface area contributed by atoms with Gasteiger partial charge in [0.15, 0.2) is 0 Å². The molecule has 2 N–H and O–H groups in total. The Hall–Kier alpha value is -0.640. The Bertz CT molecular complexity index is 414. The minimum atomic E-state index is -1.22. The third-order valence-corrected chi connectivity index (χ3v) is 3.97. The molecule has 1 fully saturated rings. The second-order valence-corrected chi connectivity index (χ2v) is 5.52. The Kier molecular flexibility index (Phi) is 4.25. The lowest BCUT2D eigenvalue weighted by atomic mass is 9.84. The predicted molar refractivity (Wildman–Crippen MR) is 69.0 cm³/mol. The van der Waals surface area contributed by atoms with Crippen molar-refractivity contribution in [2.75, 3.05) is 0 Å². The van der Waals surface area contributed by atoms with E-state index in [1.54, 1.807) is 0 Å². The van der Waals surface area contributed by atoms with Gasteiger partial charge in [-0.2, -0.15) is 0 Å². The monoisotopic (exact) mass is 272 g/mol. The quantitative estimate of drug-likeness (QED) is 0.808. The molecule has 1 aliphatic rings. The summed E-state index contributed by atoms with van der Waals surface area (Å²) < 4.78 is 13.8. The first-order chi connectivity index (χ1) is 8.53. The van der Waals surface area contributed by atoms with Gasteiger partial charge in [0, 0.05) is 10.6 Å². The van der Waals surface area contributed by atoms with E-state index in [9.17, 15) is 14.6 Å². The van der Waals surface area contributed by atoms with Crippen LogP contribution in [-0.4, -0.2) is 15.8 Å². The third-order valence-electron chi connectivity index (χ3n) is 3.74. The number of hydrogen-bond acceptors (Lipinski definition) is 2. The third kappa shape index (κ3) is 2.85. The second kappa shape index (κ2) is 5.55. The van der Waals surface area contributed by atoms with Gasteiger partial charge in [0.2, 0.25) is 0 Å². The molecular weight excluding hydrogens is 255 g/mol. The van der Waals surface area contributed by atoms with Crippen LogP contribution in [0.1, 0.15) is 50.2 Å². The molecule has 0 spiro atoms. The van der Waals surface area contributed by atoms with E-state index in [0.29, 0.717) is 12.8 Å². The molecule has 4 heteroatoms. The number of aliphatic hydroxyl groups is 2. The Morgan fingerprint density at radius 1 is 1.17 bits per heavy atom. The molecule has 2 rings (SSSR count). The highest BCUT2D eigenvalue weighted by atomic mass is 35.5. The number of halogens is 2. The number of rotatable bonds is 2. The lowest BCUT2D eigenvalue weighted by molar-refractivity contribution is -0.0880. The van der Waals surface area contributed by atoms with Crippen LogP contribution in [0.4, 0.5) is 4.39 Å². The van der Waals surface area contributed by atoms with Gasteiger partial charge in [-0.25, -0.2) is 4.39 Å². The molecule has 1 aromatic carbocycles. The lowest BCUT2D eigenvalue weighted by Gasteiger charge is -2.32. The highest BCUT2D eigenvalue weighted by Gasteiger charge is 2.37. The summed E-state index contributed by atoms with van der Waals surface area (Å²) >= 11 is 5.68. The van der Waals surface area contributed by atoms with E-state index in [1.165, 1.54) is 18.2 Å². The summed E-state index contributed by atoms with van der Waals surface area (Å²) in [5.41, 5.74) is -1.09. The summed E-state index contributed by atoms with van der Waals surface area (Å²) in [7, 11) is 0. The molecule has 1 aliphatic carbocycles. The van der Waals surface area contributed by atoms with Crippen LogP contribution >= 0.6 is 11.6 Å². The van der Waals surface area contributed by atoms with E-state index < -0.39 is 17.5 Å². The highest BCUT2D eigenvalue weighted by molar-refractivity contribution is 6.30. The SMILES string of the molecule is OC(c1ccc(Cl)cc1F)C1(O)CCCCCC1. The normalized spacial score (nSPS) is 21.3. The molecule has 0 aromatic heterocycles. The Morgan fingerprint density at radius 3 is 2.33 bits per heavy atom. The highest BCUT2D eigenvalue weighted by Crippen LogP contribution is 2.38. The molecule has 0 bridgehead atoms. The predicted octanol–water partition coefficient (Wildman–Crippen LogP) is 3.60. The van der Waals surface area contributed by atoms with Gasteiger partial charge in [-0.15, -0.1) is 0 Å². The summed E-state index contributed by atoms with van der Waals surface area (Å²) in [6.45, 7) is 0. The molecule has 0 aliphatic heterocycles. The van der Waals surface area contributed by atoms with Crippen molar-refractivity contribution >= 4 is 11.6 Å². The van der Waals surface area contributed by atoms with Crippen molar-refractivity contribution in [1.29, 1.82) is 0 Å². The van der Waals surface area contributed by atoms with Crippen molar-refractivity contribution < 1.29 is 14.6 Å². The zero-order valence-electron chi connectivity index (χ0n) is 10.2. The molecule has 2 nitrogen and oxygen atoms in total. The largest absolute Gasteiger partial charge is 0.387 e. The van der Waals surface area contributed by atoms with E-state index in [4.69, 9.17) is 11.6 Å². The van der Waals surface area contributed by atoms with Crippen LogP contribution in [0.2, 0.25) is 5.02 Å². The zero-order valence-corrected chi connectivity index (χ0v) is 11.0. The molecule has 100 valence electrons. The molecule has 1 saturated carbocycles. The maximum Gasteiger partial charge on any atom is 0.130 e. The minimum absolute atomic E-state index is 0.129. The molecule has 0 amide bonds. The molecule has 18 heavy (non-hydrogen) atoms. The van der Waals surface area contributed by atoms with Gasteiger partial charge in [-0.05, 0) is 25.0 Å². The van der Waals surface area contributed by atoms with Gasteiger partial charge >= 0.3 is 0 Å². The van der Waals surface area contributed by atoms with Gasteiger partial charge in [0.1, 0.15) is 11.9 Å². The molecule has 1 atom stereocenters. The lowest BCUT2D eigenvalue weighted by Crippen LogP contribution is -2.36. The van der Waals surface area contributed by atoms with Gasteiger partial charge in [-0.3, -0.25) is 0 Å². The summed E-state index contributed by atoms with van der Waals surface area (Å²) in [6, 6.07) is 4.15. The van der Waals surface area contributed by atoms with Crippen molar-refractivity contribution in [2.24, 2.45) is 0 Å². The van der Waals surface area contributed by atoms with E-state index in [-0.39, 0.29) is 10.6 Å². The summed E-state index contributed by atoms with van der Waals surface area (Å²) in [5, 5.41) is 21.1. The van der Waals surface area contributed by atoms with Crippen molar-refractivity contribution in [3.05, 3.63) is 34.6 Å². The van der Waals surface area contributed by atoms with Gasteiger partial charge < -0.3 is 10.2 Å². The Morgan fingerprint density at radius 2 is 1.78 bits per heavy atom. The number of hydrogen-bond donors (Lipinski definition) is 2. The first kappa shape index (κ1) is 13.8. The van der Waals surface area contributed by atoms with Crippen LogP contribution in [0.3, 0.4) is 0 Å². The smallest absolute Gasteiger partial charge is 0.130 e. The molecule has 1 unspecified atom stereocenters. The average Bonchev–Trinajstić information content (AvgIpc) is 2.54. The number of aliphatic hydroxyl groups excluding tert-OH is 1. The van der Waals surface area contributed by atoms with Crippen LogP contribution in [0.15, 0.2) is 18.2 Å². The van der Waals surface area contributed by atoms with Crippen molar-refractivity contribution in [2.45, 2.75) is 50.2 Å². The van der Waals surface area contributed by atoms with Gasteiger partial charge in [0.25, 0.3) is 0 Å². The first-order valence-corrected chi connectivity index (χ1v) is 6.76. The van der Waals surface area contributed by atoms with Crippen molar-refractivity contribution in [3.63, 3.8) is 0 Å². The second-order valence-electron chi connectivity index (χ2n) is 5.09. The molecule has 0 radical (unpaired) electrons. The van der Waals surface area contributed by atoms with Crippen LogP contribution in [0.25, 0.3) is 0 Å². The van der Waals surface area contributed by atoms with Crippen molar-refractivity contribution in [3.8, 4) is 0 Å². The van der Waals surface area contributed by atoms with Crippen LogP contribution in [0, 0.1) is 5.82 Å². The molecule has 0 heterocycles. The molecule has 0 saturated heterocycles. The maximum absolute atomic E-state index is 13.8. The standard InChI is InChI=1S/C14H18ClFO2/c15-10-5-6-11(12(16)9-10)13(17)14(18)7-3-1-2-4-8-14/h5-6,9,13,17-18H,1-4,7-8H2.